The van der Waals surface area contributed by atoms with Crippen LogP contribution in [0.15, 0.2) is 24.3 Å². The first-order valence-electron chi connectivity index (χ1n) is 6.43. The van der Waals surface area contributed by atoms with Crippen LogP contribution in [0.4, 0.5) is 4.79 Å². The molecule has 1 fully saturated rings. The van der Waals surface area contributed by atoms with Gasteiger partial charge in [-0.15, -0.1) is 0 Å². The van der Waals surface area contributed by atoms with Gasteiger partial charge in [-0.1, -0.05) is 19.1 Å². The van der Waals surface area contributed by atoms with Crippen LogP contribution >= 0.6 is 0 Å². The summed E-state index contributed by atoms with van der Waals surface area (Å²) in [5.74, 6) is -0.392. The minimum atomic E-state index is -0.948. The fraction of sp³-hybridized carbons (Fsp3) is 0.429. The van der Waals surface area contributed by atoms with Crippen LogP contribution in [0.25, 0.3) is 0 Å². The normalized spacial score (nSPS) is 21.3. The van der Waals surface area contributed by atoms with Gasteiger partial charge in [-0.3, -0.25) is 0 Å². The number of nitrogens with one attached hydrogen (secondary N) is 2. The largest absolute Gasteiger partial charge is 0.478 e. The molecule has 0 aromatic heterocycles. The minimum Gasteiger partial charge on any atom is -0.478 e. The summed E-state index contributed by atoms with van der Waals surface area (Å²) >= 11 is 0. The molecule has 1 saturated carbocycles. The molecule has 1 aromatic carbocycles. The lowest BCUT2D eigenvalue weighted by Crippen LogP contribution is -2.49. The Bertz CT molecular complexity index is 470. The van der Waals surface area contributed by atoms with Crippen molar-refractivity contribution in [2.75, 3.05) is 0 Å². The minimum absolute atomic E-state index is 0.168. The first-order chi connectivity index (χ1) is 9.06. The maximum Gasteiger partial charge on any atom is 0.335 e. The number of benzene rings is 1. The summed E-state index contributed by atoms with van der Waals surface area (Å²) in [4.78, 5) is 22.3. The first-order valence-corrected chi connectivity index (χ1v) is 6.43. The molecular formula is C14H18N2O3. The van der Waals surface area contributed by atoms with Gasteiger partial charge < -0.3 is 15.7 Å². The van der Waals surface area contributed by atoms with Crippen LogP contribution in [0.5, 0.6) is 0 Å². The summed E-state index contributed by atoms with van der Waals surface area (Å²) < 4.78 is 0. The van der Waals surface area contributed by atoms with Crippen LogP contribution in [-0.4, -0.2) is 23.1 Å². The van der Waals surface area contributed by atoms with Crippen LogP contribution in [0.1, 0.15) is 35.7 Å². The van der Waals surface area contributed by atoms with Crippen LogP contribution in [0, 0.1) is 5.92 Å². The highest BCUT2D eigenvalue weighted by Crippen LogP contribution is 2.26. The number of rotatable bonds is 4. The number of carboxylic acid groups (broad SMARTS) is 1. The molecule has 0 saturated heterocycles. The average molecular weight is 262 g/mol. The third-order valence-corrected chi connectivity index (χ3v) is 3.59. The van der Waals surface area contributed by atoms with Crippen molar-refractivity contribution < 1.29 is 14.7 Å². The maximum absolute atomic E-state index is 11.6. The van der Waals surface area contributed by atoms with E-state index < -0.39 is 5.97 Å². The van der Waals surface area contributed by atoms with Crippen molar-refractivity contribution >= 4 is 12.0 Å². The van der Waals surface area contributed by atoms with E-state index in [1.54, 1.807) is 12.1 Å². The second-order valence-corrected chi connectivity index (χ2v) is 4.99. The van der Waals surface area contributed by atoms with Gasteiger partial charge in [0.05, 0.1) is 5.56 Å². The lowest BCUT2D eigenvalue weighted by molar-refractivity contribution is 0.0697. The molecule has 19 heavy (non-hydrogen) atoms. The van der Waals surface area contributed by atoms with E-state index in [0.717, 1.165) is 12.0 Å². The number of amides is 2. The van der Waals surface area contributed by atoms with Gasteiger partial charge in [-0.25, -0.2) is 9.59 Å². The lowest BCUT2D eigenvalue weighted by Gasteiger charge is -2.34. The Balaban J connectivity index is 1.78. The lowest BCUT2D eigenvalue weighted by atomic mass is 9.81. The van der Waals surface area contributed by atoms with Crippen LogP contribution in [0.3, 0.4) is 0 Å². The van der Waals surface area contributed by atoms with Crippen molar-refractivity contribution in [2.24, 2.45) is 5.92 Å². The number of hydrogen-bond acceptors (Lipinski definition) is 2. The van der Waals surface area contributed by atoms with Crippen LogP contribution < -0.4 is 10.6 Å². The van der Waals surface area contributed by atoms with Gasteiger partial charge in [-0.2, -0.15) is 0 Å². The molecule has 1 aliphatic rings. The Hall–Kier alpha value is -2.04. The molecule has 2 atom stereocenters. The van der Waals surface area contributed by atoms with Crippen molar-refractivity contribution in [1.82, 2.24) is 10.6 Å². The number of carbonyl (C=O) groups is 2. The van der Waals surface area contributed by atoms with Gasteiger partial charge >= 0.3 is 12.0 Å². The zero-order valence-corrected chi connectivity index (χ0v) is 10.8. The van der Waals surface area contributed by atoms with E-state index in [4.69, 9.17) is 5.11 Å². The molecule has 2 rings (SSSR count). The van der Waals surface area contributed by atoms with E-state index in [9.17, 15) is 9.59 Å². The third kappa shape index (κ3) is 3.47. The predicted octanol–water partition coefficient (Wildman–Crippen LogP) is 1.98. The smallest absolute Gasteiger partial charge is 0.335 e. The maximum atomic E-state index is 11.6. The Morgan fingerprint density at radius 2 is 1.95 bits per heavy atom. The molecule has 0 spiro atoms. The molecule has 3 N–H and O–H groups in total. The summed E-state index contributed by atoms with van der Waals surface area (Å²) in [7, 11) is 0. The summed E-state index contributed by atoms with van der Waals surface area (Å²) in [6, 6.07) is 6.59. The fourth-order valence-electron chi connectivity index (χ4n) is 2.05. The van der Waals surface area contributed by atoms with Crippen LogP contribution in [-0.2, 0) is 6.54 Å². The van der Waals surface area contributed by atoms with Gasteiger partial charge in [-0.05, 0) is 36.5 Å². The number of hydrogen-bond donors (Lipinski definition) is 3. The van der Waals surface area contributed by atoms with E-state index in [1.807, 2.05) is 0 Å². The summed E-state index contributed by atoms with van der Waals surface area (Å²) in [6.45, 7) is 2.52. The van der Waals surface area contributed by atoms with Crippen molar-refractivity contribution in [3.05, 3.63) is 35.4 Å². The van der Waals surface area contributed by atoms with Crippen molar-refractivity contribution in [1.29, 1.82) is 0 Å². The first kappa shape index (κ1) is 13.4. The molecule has 0 heterocycles. The summed E-state index contributed by atoms with van der Waals surface area (Å²) in [5, 5.41) is 14.5. The third-order valence-electron chi connectivity index (χ3n) is 3.59. The Morgan fingerprint density at radius 3 is 2.42 bits per heavy atom. The summed E-state index contributed by atoms with van der Waals surface area (Å²) in [6.07, 6.45) is 2.21. The second kappa shape index (κ2) is 5.73. The van der Waals surface area contributed by atoms with E-state index in [-0.39, 0.29) is 17.6 Å². The molecule has 0 bridgehead atoms. The van der Waals surface area contributed by atoms with E-state index in [2.05, 4.69) is 17.6 Å². The van der Waals surface area contributed by atoms with Gasteiger partial charge in [0, 0.05) is 12.6 Å². The van der Waals surface area contributed by atoms with Gasteiger partial charge in [0.2, 0.25) is 0 Å². The number of carboxylic acids is 1. The van der Waals surface area contributed by atoms with E-state index in [1.165, 1.54) is 18.6 Å². The molecule has 0 radical (unpaired) electrons. The molecule has 2 unspecified atom stereocenters. The van der Waals surface area contributed by atoms with E-state index >= 15 is 0 Å². The van der Waals surface area contributed by atoms with Crippen molar-refractivity contribution in [3.63, 3.8) is 0 Å². The van der Waals surface area contributed by atoms with Gasteiger partial charge in [0.15, 0.2) is 0 Å². The van der Waals surface area contributed by atoms with Gasteiger partial charge in [0.25, 0.3) is 0 Å². The Kier molecular flexibility index (Phi) is 4.04. The monoisotopic (exact) mass is 262 g/mol. The van der Waals surface area contributed by atoms with Gasteiger partial charge in [0.1, 0.15) is 0 Å². The number of aromatic carboxylic acids is 1. The molecule has 0 aliphatic heterocycles. The molecule has 2 amide bonds. The highest BCUT2D eigenvalue weighted by atomic mass is 16.4. The molecule has 5 nitrogen and oxygen atoms in total. The standard InChI is InChI=1S/C14H18N2O3/c1-9-2-7-12(9)16-14(19)15-8-10-3-5-11(6-4-10)13(17)18/h3-6,9,12H,2,7-8H2,1H3,(H,17,18)(H2,15,16,19). The fourth-order valence-corrected chi connectivity index (χ4v) is 2.05. The SMILES string of the molecule is CC1CCC1NC(=O)NCc1ccc(C(=O)O)cc1. The molecule has 102 valence electrons. The molecule has 1 aromatic rings. The molecule has 5 heteroatoms. The highest BCUT2D eigenvalue weighted by Gasteiger charge is 2.27. The predicted molar refractivity (Wildman–Crippen MR) is 71.0 cm³/mol. The topological polar surface area (TPSA) is 78.4 Å². The second-order valence-electron chi connectivity index (χ2n) is 4.99. The number of carbonyl (C=O) groups excluding carboxylic acids is 1. The Morgan fingerprint density at radius 1 is 1.26 bits per heavy atom. The Labute approximate surface area is 112 Å². The molecule has 1 aliphatic carbocycles. The zero-order chi connectivity index (χ0) is 13.8. The average Bonchev–Trinajstić information content (AvgIpc) is 2.41. The number of urea groups is 1. The molecular weight excluding hydrogens is 244 g/mol. The quantitative estimate of drug-likeness (QED) is 0.776. The van der Waals surface area contributed by atoms with E-state index in [0.29, 0.717) is 12.5 Å². The zero-order valence-electron chi connectivity index (χ0n) is 10.8. The van der Waals surface area contributed by atoms with Crippen molar-refractivity contribution in [2.45, 2.75) is 32.4 Å². The highest BCUT2D eigenvalue weighted by molar-refractivity contribution is 5.87. The summed E-state index contributed by atoms with van der Waals surface area (Å²) in [5.41, 5.74) is 1.12. The van der Waals surface area contributed by atoms with Crippen molar-refractivity contribution in [3.8, 4) is 0 Å². The van der Waals surface area contributed by atoms with Crippen LogP contribution in [0.2, 0.25) is 0 Å².